The van der Waals surface area contributed by atoms with Crippen LogP contribution < -0.4 is 5.32 Å². The second-order valence-corrected chi connectivity index (χ2v) is 3.45. The summed E-state index contributed by atoms with van der Waals surface area (Å²) in [7, 11) is 1.32. The maximum Gasteiger partial charge on any atom is 0.337 e. The SMILES string of the molecule is C=CCCC(=O)Nc1cccc(C(=O)OC)c1. The quantitative estimate of drug-likeness (QED) is 0.627. The lowest BCUT2D eigenvalue weighted by atomic mass is 10.2. The largest absolute Gasteiger partial charge is 0.465 e. The molecule has 1 amide bonds. The Bertz CT molecular complexity index is 426. The Morgan fingerprint density at radius 2 is 2.24 bits per heavy atom. The molecule has 0 spiro atoms. The lowest BCUT2D eigenvalue weighted by molar-refractivity contribution is -0.116. The first-order valence-corrected chi connectivity index (χ1v) is 5.26. The van der Waals surface area contributed by atoms with E-state index in [0.717, 1.165) is 0 Å². The number of esters is 1. The van der Waals surface area contributed by atoms with Crippen LogP contribution in [0.25, 0.3) is 0 Å². The fraction of sp³-hybridized carbons (Fsp3) is 0.231. The molecular weight excluding hydrogens is 218 g/mol. The number of nitrogens with one attached hydrogen (secondary N) is 1. The highest BCUT2D eigenvalue weighted by Gasteiger charge is 2.07. The van der Waals surface area contributed by atoms with Crippen molar-refractivity contribution in [2.75, 3.05) is 12.4 Å². The molecule has 17 heavy (non-hydrogen) atoms. The van der Waals surface area contributed by atoms with Crippen LogP contribution in [-0.2, 0) is 9.53 Å². The number of hydrogen-bond acceptors (Lipinski definition) is 3. The van der Waals surface area contributed by atoms with E-state index in [1.165, 1.54) is 7.11 Å². The Kier molecular flexibility index (Phi) is 4.94. The van der Waals surface area contributed by atoms with E-state index in [1.54, 1.807) is 30.3 Å². The first-order valence-electron chi connectivity index (χ1n) is 5.26. The van der Waals surface area contributed by atoms with Gasteiger partial charge in [0.05, 0.1) is 12.7 Å². The zero-order chi connectivity index (χ0) is 12.7. The standard InChI is InChI=1S/C13H15NO3/c1-3-4-8-12(15)14-11-7-5-6-10(9-11)13(16)17-2/h3,5-7,9H,1,4,8H2,2H3,(H,14,15). The molecule has 0 heterocycles. The summed E-state index contributed by atoms with van der Waals surface area (Å²) in [4.78, 5) is 22.7. The van der Waals surface area contributed by atoms with Crippen LogP contribution in [0.4, 0.5) is 5.69 Å². The van der Waals surface area contributed by atoms with E-state index in [2.05, 4.69) is 16.6 Å². The summed E-state index contributed by atoms with van der Waals surface area (Å²) in [6, 6.07) is 6.62. The molecule has 4 nitrogen and oxygen atoms in total. The number of anilines is 1. The van der Waals surface area contributed by atoms with Crippen LogP contribution in [0.2, 0.25) is 0 Å². The van der Waals surface area contributed by atoms with E-state index < -0.39 is 5.97 Å². The van der Waals surface area contributed by atoms with Crippen molar-refractivity contribution in [2.24, 2.45) is 0 Å². The zero-order valence-corrected chi connectivity index (χ0v) is 9.73. The Morgan fingerprint density at radius 3 is 2.88 bits per heavy atom. The van der Waals surface area contributed by atoms with E-state index in [-0.39, 0.29) is 5.91 Å². The topological polar surface area (TPSA) is 55.4 Å². The molecule has 0 unspecified atom stereocenters. The third-order valence-corrected chi connectivity index (χ3v) is 2.14. The van der Waals surface area contributed by atoms with Crippen LogP contribution in [0, 0.1) is 0 Å². The van der Waals surface area contributed by atoms with Crippen LogP contribution in [0.3, 0.4) is 0 Å². The molecule has 1 aromatic carbocycles. The molecule has 90 valence electrons. The van der Waals surface area contributed by atoms with Crippen molar-refractivity contribution in [3.63, 3.8) is 0 Å². The van der Waals surface area contributed by atoms with Crippen molar-refractivity contribution in [2.45, 2.75) is 12.8 Å². The van der Waals surface area contributed by atoms with Crippen molar-refractivity contribution in [1.82, 2.24) is 0 Å². The highest BCUT2D eigenvalue weighted by Crippen LogP contribution is 2.12. The molecule has 0 aliphatic carbocycles. The summed E-state index contributed by atoms with van der Waals surface area (Å²) in [5, 5.41) is 2.70. The van der Waals surface area contributed by atoms with Gasteiger partial charge in [-0.05, 0) is 24.6 Å². The predicted octanol–water partition coefficient (Wildman–Crippen LogP) is 2.38. The Morgan fingerprint density at radius 1 is 1.47 bits per heavy atom. The maximum atomic E-state index is 11.4. The minimum absolute atomic E-state index is 0.105. The molecule has 1 rings (SSSR count). The highest BCUT2D eigenvalue weighted by molar-refractivity contribution is 5.94. The Balaban J connectivity index is 2.68. The monoisotopic (exact) mass is 233 g/mol. The van der Waals surface area contributed by atoms with Gasteiger partial charge in [-0.1, -0.05) is 12.1 Å². The average Bonchev–Trinajstić information content (AvgIpc) is 2.35. The third kappa shape index (κ3) is 4.10. The summed E-state index contributed by atoms with van der Waals surface area (Å²) in [6.07, 6.45) is 2.69. The first kappa shape index (κ1) is 13.0. The predicted molar refractivity (Wildman–Crippen MR) is 65.8 cm³/mol. The van der Waals surface area contributed by atoms with Gasteiger partial charge in [0.25, 0.3) is 0 Å². The number of methoxy groups -OCH3 is 1. The minimum Gasteiger partial charge on any atom is -0.465 e. The molecule has 0 aromatic heterocycles. The number of amides is 1. The van der Waals surface area contributed by atoms with Crippen LogP contribution >= 0.6 is 0 Å². The molecule has 1 aromatic rings. The molecule has 0 saturated heterocycles. The number of hydrogen-bond donors (Lipinski definition) is 1. The molecule has 4 heteroatoms. The molecule has 0 aliphatic rings. The number of carbonyl (C=O) groups is 2. The molecule has 0 fully saturated rings. The number of benzene rings is 1. The molecule has 0 saturated carbocycles. The van der Waals surface area contributed by atoms with Gasteiger partial charge in [-0.25, -0.2) is 4.79 Å². The van der Waals surface area contributed by atoms with Crippen LogP contribution in [0.1, 0.15) is 23.2 Å². The summed E-state index contributed by atoms with van der Waals surface area (Å²) >= 11 is 0. The van der Waals surface area contributed by atoms with Gasteiger partial charge in [0.15, 0.2) is 0 Å². The highest BCUT2D eigenvalue weighted by atomic mass is 16.5. The van der Waals surface area contributed by atoms with Gasteiger partial charge in [-0.3, -0.25) is 4.79 Å². The summed E-state index contributed by atoms with van der Waals surface area (Å²) in [6.45, 7) is 3.55. The smallest absolute Gasteiger partial charge is 0.337 e. The first-order chi connectivity index (χ1) is 8.17. The van der Waals surface area contributed by atoms with Crippen LogP contribution in [-0.4, -0.2) is 19.0 Å². The number of rotatable bonds is 5. The fourth-order valence-corrected chi connectivity index (χ4v) is 1.30. The van der Waals surface area contributed by atoms with Crippen molar-refractivity contribution >= 4 is 17.6 Å². The number of allylic oxidation sites excluding steroid dienone is 1. The molecule has 0 bridgehead atoms. The van der Waals surface area contributed by atoms with Crippen LogP contribution in [0.5, 0.6) is 0 Å². The lowest BCUT2D eigenvalue weighted by Gasteiger charge is -2.05. The van der Waals surface area contributed by atoms with Crippen molar-refractivity contribution < 1.29 is 14.3 Å². The van der Waals surface area contributed by atoms with Gasteiger partial charge in [0, 0.05) is 12.1 Å². The van der Waals surface area contributed by atoms with E-state index in [0.29, 0.717) is 24.1 Å². The third-order valence-electron chi connectivity index (χ3n) is 2.14. The van der Waals surface area contributed by atoms with Gasteiger partial charge in [-0.15, -0.1) is 6.58 Å². The fourth-order valence-electron chi connectivity index (χ4n) is 1.30. The van der Waals surface area contributed by atoms with Gasteiger partial charge in [-0.2, -0.15) is 0 Å². The molecule has 0 atom stereocenters. The van der Waals surface area contributed by atoms with E-state index in [4.69, 9.17) is 0 Å². The zero-order valence-electron chi connectivity index (χ0n) is 9.73. The summed E-state index contributed by atoms with van der Waals surface area (Å²) < 4.78 is 4.60. The average molecular weight is 233 g/mol. The normalized spacial score (nSPS) is 9.47. The lowest BCUT2D eigenvalue weighted by Crippen LogP contribution is -2.11. The van der Waals surface area contributed by atoms with Crippen molar-refractivity contribution in [1.29, 1.82) is 0 Å². The molecule has 1 N–H and O–H groups in total. The number of carbonyl (C=O) groups excluding carboxylic acids is 2. The van der Waals surface area contributed by atoms with E-state index in [9.17, 15) is 9.59 Å². The van der Waals surface area contributed by atoms with E-state index in [1.807, 2.05) is 0 Å². The minimum atomic E-state index is -0.424. The summed E-state index contributed by atoms with van der Waals surface area (Å²) in [5.41, 5.74) is 0.996. The summed E-state index contributed by atoms with van der Waals surface area (Å²) in [5.74, 6) is -0.529. The van der Waals surface area contributed by atoms with E-state index >= 15 is 0 Å². The second-order valence-electron chi connectivity index (χ2n) is 3.45. The van der Waals surface area contributed by atoms with Crippen LogP contribution in [0.15, 0.2) is 36.9 Å². The number of ether oxygens (including phenoxy) is 1. The molecular formula is C13H15NO3. The van der Waals surface area contributed by atoms with Crippen molar-refractivity contribution in [3.05, 3.63) is 42.5 Å². The molecule has 0 aliphatic heterocycles. The second kappa shape index (κ2) is 6.48. The Hall–Kier alpha value is -2.10. The Labute approximate surface area is 100 Å². The maximum absolute atomic E-state index is 11.4. The van der Waals surface area contributed by atoms with Gasteiger partial charge in [0.1, 0.15) is 0 Å². The van der Waals surface area contributed by atoms with Gasteiger partial charge >= 0.3 is 5.97 Å². The van der Waals surface area contributed by atoms with Gasteiger partial charge in [0.2, 0.25) is 5.91 Å². The molecule has 0 radical (unpaired) electrons. The van der Waals surface area contributed by atoms with Crippen molar-refractivity contribution in [3.8, 4) is 0 Å². The van der Waals surface area contributed by atoms with Gasteiger partial charge < -0.3 is 10.1 Å².